The third-order valence-electron chi connectivity index (χ3n) is 2.31. The quantitative estimate of drug-likeness (QED) is 0.753. The minimum absolute atomic E-state index is 0. The van der Waals surface area contributed by atoms with Gasteiger partial charge in [-0.1, -0.05) is 0 Å². The number of halogens is 2. The maximum absolute atomic E-state index is 13.4. The molecule has 2 rings (SSSR count). The lowest BCUT2D eigenvalue weighted by Gasteiger charge is -2.16. The maximum atomic E-state index is 13.4. The molecule has 0 unspecified atom stereocenters. The monoisotopic (exact) mass is 233 g/mol. The first-order valence-electron chi connectivity index (χ1n) is 4.51. The van der Waals surface area contributed by atoms with Crippen LogP contribution in [0.15, 0.2) is 12.3 Å². The van der Waals surface area contributed by atoms with Gasteiger partial charge in [-0.3, -0.25) is 0 Å². The Bertz CT molecular complexity index is 350. The standard InChI is InChI=1S/C9H12FN3O.ClH/c10-8-3-6(11)4-12-9(8)13-2-1-7(14)5-13;/h3-4,7,14H,1-2,5,11H2;1H/t7-;/m1./s1. The normalized spacial score (nSPS) is 20.1. The second-order valence-corrected chi connectivity index (χ2v) is 3.46. The predicted octanol–water partition coefficient (Wildman–Crippen LogP) is 0.796. The van der Waals surface area contributed by atoms with Crippen LogP contribution in [-0.4, -0.2) is 29.3 Å². The Morgan fingerprint density at radius 2 is 2.33 bits per heavy atom. The molecule has 15 heavy (non-hydrogen) atoms. The van der Waals surface area contributed by atoms with Gasteiger partial charge in [-0.15, -0.1) is 12.4 Å². The zero-order valence-electron chi connectivity index (χ0n) is 8.06. The molecule has 1 aliphatic rings. The van der Waals surface area contributed by atoms with Crippen molar-refractivity contribution in [2.24, 2.45) is 0 Å². The van der Waals surface area contributed by atoms with E-state index in [-0.39, 0.29) is 24.3 Å². The van der Waals surface area contributed by atoms with Gasteiger partial charge in [0.25, 0.3) is 0 Å². The van der Waals surface area contributed by atoms with Crippen LogP contribution in [0.5, 0.6) is 0 Å². The van der Waals surface area contributed by atoms with E-state index in [9.17, 15) is 9.50 Å². The Hall–Kier alpha value is -1.07. The third-order valence-corrected chi connectivity index (χ3v) is 2.31. The summed E-state index contributed by atoms with van der Waals surface area (Å²) in [6, 6.07) is 1.24. The molecule has 6 heteroatoms. The number of hydrogen-bond acceptors (Lipinski definition) is 4. The second kappa shape index (κ2) is 4.63. The van der Waals surface area contributed by atoms with Crippen molar-refractivity contribution in [3.63, 3.8) is 0 Å². The molecule has 1 aromatic rings. The summed E-state index contributed by atoms with van der Waals surface area (Å²) in [6.45, 7) is 1.07. The van der Waals surface area contributed by atoms with Crippen molar-refractivity contribution >= 4 is 23.9 Å². The molecule has 0 aromatic carbocycles. The number of rotatable bonds is 1. The maximum Gasteiger partial charge on any atom is 0.167 e. The molecule has 84 valence electrons. The van der Waals surface area contributed by atoms with Gasteiger partial charge in [-0.05, 0) is 6.42 Å². The van der Waals surface area contributed by atoms with Crippen LogP contribution in [0.25, 0.3) is 0 Å². The molecule has 0 radical (unpaired) electrons. The van der Waals surface area contributed by atoms with E-state index >= 15 is 0 Å². The van der Waals surface area contributed by atoms with E-state index in [1.54, 1.807) is 4.90 Å². The summed E-state index contributed by atoms with van der Waals surface area (Å²) in [5, 5.41) is 9.29. The van der Waals surface area contributed by atoms with E-state index < -0.39 is 5.82 Å². The summed E-state index contributed by atoms with van der Waals surface area (Å²) in [4.78, 5) is 5.63. The number of nitrogens with zero attached hydrogens (tertiary/aromatic N) is 2. The van der Waals surface area contributed by atoms with E-state index in [0.29, 0.717) is 25.2 Å². The van der Waals surface area contributed by atoms with Crippen molar-refractivity contribution in [2.75, 3.05) is 23.7 Å². The van der Waals surface area contributed by atoms with Crippen molar-refractivity contribution in [1.82, 2.24) is 4.98 Å². The van der Waals surface area contributed by atoms with Crippen LogP contribution in [0.1, 0.15) is 6.42 Å². The summed E-state index contributed by atoms with van der Waals surface area (Å²) >= 11 is 0. The first-order valence-corrected chi connectivity index (χ1v) is 4.51. The average molecular weight is 234 g/mol. The molecule has 3 N–H and O–H groups in total. The van der Waals surface area contributed by atoms with Gasteiger partial charge in [0.2, 0.25) is 0 Å². The second-order valence-electron chi connectivity index (χ2n) is 3.46. The van der Waals surface area contributed by atoms with Gasteiger partial charge in [0.15, 0.2) is 11.6 Å². The van der Waals surface area contributed by atoms with Gasteiger partial charge in [0.1, 0.15) is 0 Å². The zero-order chi connectivity index (χ0) is 10.1. The fraction of sp³-hybridized carbons (Fsp3) is 0.444. The smallest absolute Gasteiger partial charge is 0.167 e. The third kappa shape index (κ3) is 2.49. The van der Waals surface area contributed by atoms with E-state index in [4.69, 9.17) is 5.73 Å². The molecule has 1 aliphatic heterocycles. The minimum atomic E-state index is -0.431. The van der Waals surface area contributed by atoms with Crippen LogP contribution in [0.2, 0.25) is 0 Å². The molecule has 2 heterocycles. The van der Waals surface area contributed by atoms with E-state index in [2.05, 4.69) is 4.98 Å². The summed E-state index contributed by atoms with van der Waals surface area (Å²) in [5.41, 5.74) is 5.69. The van der Waals surface area contributed by atoms with Crippen molar-refractivity contribution in [1.29, 1.82) is 0 Å². The highest BCUT2D eigenvalue weighted by atomic mass is 35.5. The van der Waals surface area contributed by atoms with Gasteiger partial charge in [0.05, 0.1) is 18.0 Å². The number of aliphatic hydroxyl groups excluding tert-OH is 1. The number of nitrogens with two attached hydrogens (primary N) is 1. The summed E-state index contributed by atoms with van der Waals surface area (Å²) in [5.74, 6) is -0.158. The molecule has 1 atom stereocenters. The fourth-order valence-electron chi connectivity index (χ4n) is 1.61. The predicted molar refractivity (Wildman–Crippen MR) is 58.7 cm³/mol. The highest BCUT2D eigenvalue weighted by molar-refractivity contribution is 5.85. The molecule has 1 fully saturated rings. The number of aromatic nitrogens is 1. The highest BCUT2D eigenvalue weighted by Crippen LogP contribution is 2.22. The van der Waals surface area contributed by atoms with Gasteiger partial charge < -0.3 is 15.7 Å². The van der Waals surface area contributed by atoms with Gasteiger partial charge in [0, 0.05) is 19.2 Å². The number of aliphatic hydroxyl groups is 1. The Labute approximate surface area is 93.3 Å². The summed E-state index contributed by atoms with van der Waals surface area (Å²) < 4.78 is 13.4. The first kappa shape index (κ1) is 12.0. The van der Waals surface area contributed by atoms with Crippen LogP contribution in [-0.2, 0) is 0 Å². The van der Waals surface area contributed by atoms with Crippen molar-refractivity contribution < 1.29 is 9.50 Å². The van der Waals surface area contributed by atoms with Crippen LogP contribution < -0.4 is 10.6 Å². The Balaban J connectivity index is 0.00000112. The van der Waals surface area contributed by atoms with Crippen LogP contribution in [0.3, 0.4) is 0 Å². The Kier molecular flexibility index (Phi) is 3.71. The Morgan fingerprint density at radius 1 is 1.60 bits per heavy atom. The number of hydrogen-bond donors (Lipinski definition) is 2. The number of β-amino-alcohol motifs (C(OH)–C–C–N with tert-alkyl or cyclic N) is 1. The molecule has 0 aliphatic carbocycles. The molecule has 4 nitrogen and oxygen atoms in total. The van der Waals surface area contributed by atoms with Crippen LogP contribution in [0.4, 0.5) is 15.9 Å². The van der Waals surface area contributed by atoms with Gasteiger partial charge in [-0.2, -0.15) is 0 Å². The molecular weight excluding hydrogens is 221 g/mol. The fourth-order valence-corrected chi connectivity index (χ4v) is 1.61. The van der Waals surface area contributed by atoms with E-state index in [0.717, 1.165) is 0 Å². The zero-order valence-corrected chi connectivity index (χ0v) is 8.88. The highest BCUT2D eigenvalue weighted by Gasteiger charge is 2.23. The molecule has 0 spiro atoms. The van der Waals surface area contributed by atoms with E-state index in [1.807, 2.05) is 0 Å². The molecule has 1 saturated heterocycles. The van der Waals surface area contributed by atoms with Crippen molar-refractivity contribution in [2.45, 2.75) is 12.5 Å². The van der Waals surface area contributed by atoms with Gasteiger partial charge >= 0.3 is 0 Å². The lowest BCUT2D eigenvalue weighted by Crippen LogP contribution is -2.23. The molecule has 0 amide bonds. The molecule has 0 bridgehead atoms. The van der Waals surface area contributed by atoms with Crippen molar-refractivity contribution in [3.05, 3.63) is 18.1 Å². The average Bonchev–Trinajstić information content (AvgIpc) is 2.51. The Morgan fingerprint density at radius 3 is 2.87 bits per heavy atom. The van der Waals surface area contributed by atoms with Crippen LogP contribution >= 0.6 is 12.4 Å². The summed E-state index contributed by atoms with van der Waals surface area (Å²) in [6.07, 6.45) is 1.70. The minimum Gasteiger partial charge on any atom is -0.397 e. The largest absolute Gasteiger partial charge is 0.397 e. The SMILES string of the molecule is Cl.Nc1cnc(N2CC[C@@H](O)C2)c(F)c1. The number of nitrogen functional groups attached to an aromatic ring is 1. The summed E-state index contributed by atoms with van der Waals surface area (Å²) in [7, 11) is 0. The van der Waals surface area contributed by atoms with E-state index in [1.165, 1.54) is 12.3 Å². The van der Waals surface area contributed by atoms with Gasteiger partial charge in [-0.25, -0.2) is 9.37 Å². The topological polar surface area (TPSA) is 62.4 Å². The molecular formula is C9H13ClFN3O. The lowest BCUT2D eigenvalue weighted by atomic mass is 10.3. The first-order chi connectivity index (χ1) is 6.66. The molecule has 0 saturated carbocycles. The number of anilines is 2. The lowest BCUT2D eigenvalue weighted by molar-refractivity contribution is 0.198. The molecule has 1 aromatic heterocycles. The van der Waals surface area contributed by atoms with Crippen molar-refractivity contribution in [3.8, 4) is 0 Å². The van der Waals surface area contributed by atoms with Crippen LogP contribution in [0, 0.1) is 5.82 Å². The number of pyridine rings is 1.